The zero-order valence-electron chi connectivity index (χ0n) is 9.45. The van der Waals surface area contributed by atoms with E-state index in [-0.39, 0.29) is 0 Å². The van der Waals surface area contributed by atoms with Gasteiger partial charge in [-0.25, -0.2) is 0 Å². The molecule has 0 aliphatic rings. The Morgan fingerprint density at radius 1 is 1.43 bits per heavy atom. The normalized spacial score (nSPS) is 13.1. The van der Waals surface area contributed by atoms with Crippen LogP contribution in [-0.4, -0.2) is 15.8 Å². The third-order valence-electron chi connectivity index (χ3n) is 2.38. The number of rotatable bonds is 5. The molecular formula is C11H21N3. The van der Waals surface area contributed by atoms with Crippen LogP contribution in [0.2, 0.25) is 0 Å². The molecule has 0 radical (unpaired) electrons. The van der Waals surface area contributed by atoms with E-state index in [0.717, 1.165) is 18.7 Å². The molecule has 1 atom stereocenters. The summed E-state index contributed by atoms with van der Waals surface area (Å²) >= 11 is 0. The lowest BCUT2D eigenvalue weighted by atomic mass is 10.1. The molecule has 3 heteroatoms. The van der Waals surface area contributed by atoms with Gasteiger partial charge in [-0.05, 0) is 39.7 Å². The molecular weight excluding hydrogens is 174 g/mol. The summed E-state index contributed by atoms with van der Waals surface area (Å²) in [6.07, 6.45) is 3.47. The highest BCUT2D eigenvalue weighted by molar-refractivity contribution is 5.06. The van der Waals surface area contributed by atoms with Gasteiger partial charge in [0.2, 0.25) is 0 Å². The summed E-state index contributed by atoms with van der Waals surface area (Å²) in [7, 11) is 0. The SMILES string of the molecule is Cc1cc(C)n(CCCCC(C)N)n1. The molecule has 3 nitrogen and oxygen atoms in total. The van der Waals surface area contributed by atoms with E-state index >= 15 is 0 Å². The molecule has 0 spiro atoms. The van der Waals surface area contributed by atoms with Gasteiger partial charge in [-0.15, -0.1) is 0 Å². The highest BCUT2D eigenvalue weighted by Crippen LogP contribution is 2.05. The Morgan fingerprint density at radius 2 is 2.14 bits per heavy atom. The highest BCUT2D eigenvalue weighted by atomic mass is 15.3. The van der Waals surface area contributed by atoms with Gasteiger partial charge in [0, 0.05) is 18.3 Å². The molecule has 1 rings (SSSR count). The van der Waals surface area contributed by atoms with Crippen molar-refractivity contribution < 1.29 is 0 Å². The molecule has 1 heterocycles. The maximum absolute atomic E-state index is 5.68. The molecule has 0 saturated heterocycles. The van der Waals surface area contributed by atoms with Gasteiger partial charge >= 0.3 is 0 Å². The Balaban J connectivity index is 2.28. The van der Waals surface area contributed by atoms with Gasteiger partial charge in [-0.1, -0.05) is 6.42 Å². The van der Waals surface area contributed by atoms with Crippen LogP contribution in [0.3, 0.4) is 0 Å². The van der Waals surface area contributed by atoms with Crippen LogP contribution in [0.15, 0.2) is 6.07 Å². The minimum Gasteiger partial charge on any atom is -0.328 e. The lowest BCUT2D eigenvalue weighted by Crippen LogP contribution is -2.14. The van der Waals surface area contributed by atoms with E-state index in [9.17, 15) is 0 Å². The summed E-state index contributed by atoms with van der Waals surface area (Å²) in [6.45, 7) is 7.21. The Bertz CT molecular complexity index is 276. The molecule has 14 heavy (non-hydrogen) atoms. The van der Waals surface area contributed by atoms with Gasteiger partial charge in [0.1, 0.15) is 0 Å². The Kier molecular flexibility index (Phi) is 4.14. The van der Waals surface area contributed by atoms with Crippen LogP contribution in [-0.2, 0) is 6.54 Å². The van der Waals surface area contributed by atoms with Crippen molar-refractivity contribution in [2.75, 3.05) is 0 Å². The van der Waals surface area contributed by atoms with Crippen LogP contribution >= 0.6 is 0 Å². The largest absolute Gasteiger partial charge is 0.328 e. The Hall–Kier alpha value is -0.830. The van der Waals surface area contributed by atoms with E-state index in [2.05, 4.69) is 29.7 Å². The van der Waals surface area contributed by atoms with Crippen LogP contribution in [0, 0.1) is 13.8 Å². The number of aryl methyl sites for hydroxylation is 3. The summed E-state index contributed by atoms with van der Waals surface area (Å²) in [6, 6.07) is 2.45. The molecule has 0 aromatic carbocycles. The number of hydrogen-bond donors (Lipinski definition) is 1. The van der Waals surface area contributed by atoms with Gasteiger partial charge in [-0.3, -0.25) is 4.68 Å². The lowest BCUT2D eigenvalue weighted by Gasteiger charge is -2.06. The predicted molar refractivity (Wildman–Crippen MR) is 59.2 cm³/mol. The second-order valence-corrected chi connectivity index (χ2v) is 4.12. The van der Waals surface area contributed by atoms with Crippen molar-refractivity contribution in [1.82, 2.24) is 9.78 Å². The second-order valence-electron chi connectivity index (χ2n) is 4.12. The molecule has 2 N–H and O–H groups in total. The summed E-state index contributed by atoms with van der Waals surface area (Å²) in [5.74, 6) is 0. The number of unbranched alkanes of at least 4 members (excludes halogenated alkanes) is 1. The van der Waals surface area contributed by atoms with Crippen molar-refractivity contribution in [2.24, 2.45) is 5.73 Å². The van der Waals surface area contributed by atoms with Crippen molar-refractivity contribution in [3.8, 4) is 0 Å². The molecule has 0 amide bonds. The first-order chi connectivity index (χ1) is 6.59. The molecule has 0 bridgehead atoms. The number of nitrogens with zero attached hydrogens (tertiary/aromatic N) is 2. The zero-order chi connectivity index (χ0) is 10.6. The minimum absolute atomic E-state index is 0.329. The molecule has 80 valence electrons. The molecule has 1 aromatic heterocycles. The fourth-order valence-corrected chi connectivity index (χ4v) is 1.63. The maximum Gasteiger partial charge on any atom is 0.0596 e. The van der Waals surface area contributed by atoms with Gasteiger partial charge < -0.3 is 5.73 Å². The smallest absolute Gasteiger partial charge is 0.0596 e. The first-order valence-electron chi connectivity index (χ1n) is 5.36. The third kappa shape index (κ3) is 3.50. The van der Waals surface area contributed by atoms with Crippen molar-refractivity contribution in [3.05, 3.63) is 17.5 Å². The molecule has 0 aliphatic heterocycles. The summed E-state index contributed by atoms with van der Waals surface area (Å²) in [4.78, 5) is 0. The number of hydrogen-bond acceptors (Lipinski definition) is 2. The van der Waals surface area contributed by atoms with Gasteiger partial charge in [0.05, 0.1) is 5.69 Å². The van der Waals surface area contributed by atoms with Crippen molar-refractivity contribution in [2.45, 2.75) is 52.6 Å². The molecule has 0 fully saturated rings. The monoisotopic (exact) mass is 195 g/mol. The zero-order valence-corrected chi connectivity index (χ0v) is 9.45. The quantitative estimate of drug-likeness (QED) is 0.730. The van der Waals surface area contributed by atoms with Crippen LogP contribution < -0.4 is 5.73 Å². The Morgan fingerprint density at radius 3 is 2.64 bits per heavy atom. The molecule has 1 aromatic rings. The van der Waals surface area contributed by atoms with E-state index in [1.807, 2.05) is 6.92 Å². The van der Waals surface area contributed by atoms with Crippen molar-refractivity contribution in [3.63, 3.8) is 0 Å². The van der Waals surface area contributed by atoms with E-state index in [1.165, 1.54) is 18.5 Å². The second kappa shape index (κ2) is 5.15. The fourth-order valence-electron chi connectivity index (χ4n) is 1.63. The number of nitrogens with two attached hydrogens (primary N) is 1. The van der Waals surface area contributed by atoms with Crippen molar-refractivity contribution >= 4 is 0 Å². The summed E-state index contributed by atoms with van der Waals surface area (Å²) in [5, 5.41) is 4.41. The summed E-state index contributed by atoms with van der Waals surface area (Å²) < 4.78 is 2.08. The number of aromatic nitrogens is 2. The van der Waals surface area contributed by atoms with Crippen LogP contribution in [0.1, 0.15) is 37.6 Å². The predicted octanol–water partition coefficient (Wildman–Crippen LogP) is 2.02. The maximum atomic E-state index is 5.68. The van der Waals surface area contributed by atoms with E-state index in [4.69, 9.17) is 5.73 Å². The summed E-state index contributed by atoms with van der Waals surface area (Å²) in [5.41, 5.74) is 8.04. The average molecular weight is 195 g/mol. The molecule has 0 saturated carbocycles. The van der Waals surface area contributed by atoms with Gasteiger partial charge in [-0.2, -0.15) is 5.10 Å². The van der Waals surface area contributed by atoms with Crippen molar-refractivity contribution in [1.29, 1.82) is 0 Å². The van der Waals surface area contributed by atoms with Crippen LogP contribution in [0.25, 0.3) is 0 Å². The fraction of sp³-hybridized carbons (Fsp3) is 0.727. The first-order valence-corrected chi connectivity index (χ1v) is 5.36. The molecule has 1 unspecified atom stereocenters. The molecule has 0 aliphatic carbocycles. The standard InChI is InChI=1S/C11H21N3/c1-9(12)6-4-5-7-14-11(3)8-10(2)13-14/h8-9H,4-7,12H2,1-3H3. The highest BCUT2D eigenvalue weighted by Gasteiger charge is 2.00. The van der Waals surface area contributed by atoms with Crippen LogP contribution in [0.5, 0.6) is 0 Å². The van der Waals surface area contributed by atoms with E-state index in [0.29, 0.717) is 6.04 Å². The first kappa shape index (κ1) is 11.2. The lowest BCUT2D eigenvalue weighted by molar-refractivity contribution is 0.512. The average Bonchev–Trinajstić information content (AvgIpc) is 2.39. The van der Waals surface area contributed by atoms with Gasteiger partial charge in [0.25, 0.3) is 0 Å². The van der Waals surface area contributed by atoms with Crippen LogP contribution in [0.4, 0.5) is 0 Å². The minimum atomic E-state index is 0.329. The van der Waals surface area contributed by atoms with E-state index in [1.54, 1.807) is 0 Å². The third-order valence-corrected chi connectivity index (χ3v) is 2.38. The van der Waals surface area contributed by atoms with E-state index < -0.39 is 0 Å². The Labute approximate surface area is 86.3 Å². The topological polar surface area (TPSA) is 43.8 Å². The van der Waals surface area contributed by atoms with Gasteiger partial charge in [0.15, 0.2) is 0 Å².